The minimum absolute atomic E-state index is 0.174. The molecule has 0 aliphatic carbocycles. The van der Waals surface area contributed by atoms with Crippen LogP contribution in [0, 0.1) is 0 Å². The molecule has 0 aromatic carbocycles. The van der Waals surface area contributed by atoms with E-state index in [-0.39, 0.29) is 12.4 Å². The number of hydrogen-bond donors (Lipinski definition) is 2. The number of ether oxygens (including phenoxy) is 1. The first-order valence-corrected chi connectivity index (χ1v) is 4.46. The second kappa shape index (κ2) is 4.41. The second-order valence-electron chi connectivity index (χ2n) is 2.43. The molecule has 0 amide bonds. The highest BCUT2D eigenvalue weighted by Gasteiger charge is 2.14. The molecule has 0 bridgehead atoms. The van der Waals surface area contributed by atoms with Crippen molar-refractivity contribution in [2.75, 3.05) is 7.11 Å². The smallest absolute Gasteiger partial charge is 0.469 e. The molecule has 1 rings (SSSR count). The van der Waals surface area contributed by atoms with E-state index in [1.54, 1.807) is 12.1 Å². The third-order valence-corrected chi connectivity index (χ3v) is 2.61. The third-order valence-electron chi connectivity index (χ3n) is 1.48. The van der Waals surface area contributed by atoms with Crippen molar-refractivity contribution in [3.8, 4) is 0 Å². The molecule has 0 aliphatic heterocycles. The summed E-state index contributed by atoms with van der Waals surface area (Å²) >= 11 is 1.18. The fourth-order valence-electron chi connectivity index (χ4n) is 0.843. The molecule has 2 N–H and O–H groups in total. The number of hydrogen-bond acceptors (Lipinski definition) is 5. The van der Waals surface area contributed by atoms with E-state index in [0.29, 0.717) is 4.78 Å². The first kappa shape index (κ1) is 10.2. The standard InChI is InChI=1S/C7H9BO4S/c1-12-7(9)4-5-2-3-6(13-5)8(10)11/h2-3,10-11H,4H2,1H3. The van der Waals surface area contributed by atoms with E-state index in [1.165, 1.54) is 18.4 Å². The quantitative estimate of drug-likeness (QED) is 0.492. The van der Waals surface area contributed by atoms with Gasteiger partial charge in [0, 0.05) is 9.65 Å². The summed E-state index contributed by atoms with van der Waals surface area (Å²) in [6.07, 6.45) is 0.174. The lowest BCUT2D eigenvalue weighted by molar-refractivity contribution is -0.139. The predicted octanol–water partition coefficient (Wildman–Crippen LogP) is -0.857. The van der Waals surface area contributed by atoms with Gasteiger partial charge in [0.25, 0.3) is 0 Å². The van der Waals surface area contributed by atoms with E-state index < -0.39 is 7.12 Å². The van der Waals surface area contributed by atoms with Crippen molar-refractivity contribution in [1.29, 1.82) is 0 Å². The molecular formula is C7H9BO4S. The summed E-state index contributed by atoms with van der Waals surface area (Å²) in [6, 6.07) is 3.25. The van der Waals surface area contributed by atoms with E-state index in [0.717, 1.165) is 4.88 Å². The molecule has 0 aliphatic rings. The van der Waals surface area contributed by atoms with Gasteiger partial charge < -0.3 is 14.8 Å². The number of carbonyl (C=O) groups excluding carboxylic acids is 1. The summed E-state index contributed by atoms with van der Waals surface area (Å²) in [6.45, 7) is 0. The lowest BCUT2D eigenvalue weighted by atomic mass is 9.90. The summed E-state index contributed by atoms with van der Waals surface area (Å²) in [5, 5.41) is 17.6. The van der Waals surface area contributed by atoms with Crippen molar-refractivity contribution in [3.63, 3.8) is 0 Å². The van der Waals surface area contributed by atoms with Crippen LogP contribution in [0.1, 0.15) is 4.88 Å². The Kier molecular flexibility index (Phi) is 3.47. The van der Waals surface area contributed by atoms with Crippen LogP contribution in [0.25, 0.3) is 0 Å². The Morgan fingerprint density at radius 1 is 1.62 bits per heavy atom. The maximum Gasteiger partial charge on any atom is 0.499 e. The number of rotatable bonds is 3. The Balaban J connectivity index is 2.64. The number of esters is 1. The maximum atomic E-state index is 10.8. The van der Waals surface area contributed by atoms with E-state index in [1.807, 2.05) is 0 Å². The normalized spacial score (nSPS) is 9.77. The number of thiophene rings is 1. The van der Waals surface area contributed by atoms with Gasteiger partial charge >= 0.3 is 13.1 Å². The van der Waals surface area contributed by atoms with Crippen LogP contribution in [-0.4, -0.2) is 30.2 Å². The molecule has 13 heavy (non-hydrogen) atoms. The fraction of sp³-hybridized carbons (Fsp3) is 0.286. The Morgan fingerprint density at radius 3 is 2.77 bits per heavy atom. The molecule has 6 heteroatoms. The van der Waals surface area contributed by atoms with Gasteiger partial charge in [-0.3, -0.25) is 4.79 Å². The first-order valence-electron chi connectivity index (χ1n) is 3.65. The minimum Gasteiger partial charge on any atom is -0.469 e. The van der Waals surface area contributed by atoms with Crippen LogP contribution in [0.5, 0.6) is 0 Å². The van der Waals surface area contributed by atoms with Gasteiger partial charge in [0.1, 0.15) is 0 Å². The molecule has 0 atom stereocenters. The Labute approximate surface area is 79.9 Å². The topological polar surface area (TPSA) is 66.8 Å². The molecule has 0 spiro atoms. The lowest BCUT2D eigenvalue weighted by Gasteiger charge is -1.94. The molecule has 0 unspecified atom stereocenters. The highest BCUT2D eigenvalue weighted by Crippen LogP contribution is 2.08. The molecule has 70 valence electrons. The van der Waals surface area contributed by atoms with Gasteiger partial charge in [-0.25, -0.2) is 0 Å². The van der Waals surface area contributed by atoms with E-state index in [2.05, 4.69) is 4.74 Å². The second-order valence-corrected chi connectivity index (χ2v) is 3.63. The summed E-state index contributed by atoms with van der Waals surface area (Å²) < 4.78 is 4.90. The van der Waals surface area contributed by atoms with Crippen molar-refractivity contribution >= 4 is 29.2 Å². The van der Waals surface area contributed by atoms with Gasteiger partial charge in [0.05, 0.1) is 13.5 Å². The van der Waals surface area contributed by atoms with Crippen molar-refractivity contribution in [3.05, 3.63) is 17.0 Å². The molecule has 4 nitrogen and oxygen atoms in total. The van der Waals surface area contributed by atoms with Crippen LogP contribution in [0.2, 0.25) is 0 Å². The highest BCUT2D eigenvalue weighted by molar-refractivity contribution is 7.22. The van der Waals surface area contributed by atoms with Gasteiger partial charge in [-0.1, -0.05) is 6.07 Å². The zero-order chi connectivity index (χ0) is 9.84. The van der Waals surface area contributed by atoms with Gasteiger partial charge in [0.2, 0.25) is 0 Å². The number of carbonyl (C=O) groups is 1. The Morgan fingerprint density at radius 2 is 2.31 bits per heavy atom. The van der Waals surface area contributed by atoms with Gasteiger partial charge in [-0.15, -0.1) is 11.3 Å². The number of methoxy groups -OCH3 is 1. The van der Waals surface area contributed by atoms with E-state index >= 15 is 0 Å². The van der Waals surface area contributed by atoms with E-state index in [9.17, 15) is 4.79 Å². The molecule has 0 saturated carbocycles. The molecular weight excluding hydrogens is 191 g/mol. The Bertz CT molecular complexity index is 296. The predicted molar refractivity (Wildman–Crippen MR) is 49.9 cm³/mol. The van der Waals surface area contributed by atoms with Crippen molar-refractivity contribution in [2.24, 2.45) is 0 Å². The van der Waals surface area contributed by atoms with Crippen molar-refractivity contribution < 1.29 is 19.6 Å². The summed E-state index contributed by atoms with van der Waals surface area (Å²) in [5.41, 5.74) is 0. The zero-order valence-electron chi connectivity index (χ0n) is 7.06. The summed E-state index contributed by atoms with van der Waals surface area (Å²) in [5.74, 6) is -0.333. The van der Waals surface area contributed by atoms with Crippen molar-refractivity contribution in [1.82, 2.24) is 0 Å². The SMILES string of the molecule is COC(=O)Cc1ccc(B(O)O)s1. The molecule has 0 fully saturated rings. The largest absolute Gasteiger partial charge is 0.499 e. The van der Waals surface area contributed by atoms with Gasteiger partial charge in [-0.2, -0.15) is 0 Å². The monoisotopic (exact) mass is 200 g/mol. The lowest BCUT2D eigenvalue weighted by Crippen LogP contribution is -2.26. The molecule has 1 aromatic rings. The molecule has 0 radical (unpaired) electrons. The van der Waals surface area contributed by atoms with Crippen LogP contribution in [0.15, 0.2) is 12.1 Å². The van der Waals surface area contributed by atoms with E-state index in [4.69, 9.17) is 10.0 Å². The van der Waals surface area contributed by atoms with Crippen LogP contribution in [0.3, 0.4) is 0 Å². The minimum atomic E-state index is -1.46. The van der Waals surface area contributed by atoms with Crippen LogP contribution >= 0.6 is 11.3 Å². The first-order chi connectivity index (χ1) is 6.13. The summed E-state index contributed by atoms with van der Waals surface area (Å²) in [7, 11) is -0.144. The molecule has 1 aromatic heterocycles. The van der Waals surface area contributed by atoms with Crippen LogP contribution < -0.4 is 4.78 Å². The summed E-state index contributed by atoms with van der Waals surface area (Å²) in [4.78, 5) is 11.6. The average molecular weight is 200 g/mol. The van der Waals surface area contributed by atoms with Crippen LogP contribution in [0.4, 0.5) is 0 Å². The van der Waals surface area contributed by atoms with Gasteiger partial charge in [0.15, 0.2) is 0 Å². The Hall–Kier alpha value is -0.845. The molecule has 1 heterocycles. The highest BCUT2D eigenvalue weighted by atomic mass is 32.1. The molecule has 0 saturated heterocycles. The van der Waals surface area contributed by atoms with Crippen LogP contribution in [-0.2, 0) is 16.0 Å². The average Bonchev–Trinajstić information content (AvgIpc) is 2.52. The zero-order valence-corrected chi connectivity index (χ0v) is 7.87. The third kappa shape index (κ3) is 2.84. The maximum absolute atomic E-state index is 10.8. The fourth-order valence-corrected chi connectivity index (χ4v) is 1.71. The van der Waals surface area contributed by atoms with Gasteiger partial charge in [-0.05, 0) is 6.07 Å². The van der Waals surface area contributed by atoms with Crippen molar-refractivity contribution in [2.45, 2.75) is 6.42 Å².